The second kappa shape index (κ2) is 13.2. The third kappa shape index (κ3) is 7.68. The maximum Gasteiger partial charge on any atom is 0.242 e. The molecule has 0 aliphatic rings. The minimum atomic E-state index is -1.77. The van der Waals surface area contributed by atoms with Crippen LogP contribution in [-0.4, -0.2) is 33.7 Å². The third-order valence-electron chi connectivity index (χ3n) is 6.38. The summed E-state index contributed by atoms with van der Waals surface area (Å²) in [7, 11) is 1.30. The van der Waals surface area contributed by atoms with Gasteiger partial charge in [0.15, 0.2) is 11.5 Å². The second-order valence-electron chi connectivity index (χ2n) is 10.6. The van der Waals surface area contributed by atoms with Crippen LogP contribution >= 0.6 is 34.5 Å². The standard InChI is InChI=1S/C30H32Cl2N2O6SSi/c1-38-27-10-9-18(11-28(27)39-2)22(14-24-25(31)16-34(37)17-26(24)32)23-13-21(41-29(23)30(35)36)15-33-19-7-6-8-20(12-19)40-42(3,4)5/h6-13,16-17,22,33H,14-15H2,1-5H3,(H-,35,36,37)/t22-/m0/s1. The Bertz CT molecular complexity index is 1570. The number of aromatic nitrogens is 1. The molecule has 222 valence electrons. The van der Waals surface area contributed by atoms with Gasteiger partial charge < -0.3 is 29.1 Å². The van der Waals surface area contributed by atoms with E-state index in [9.17, 15) is 15.1 Å². The van der Waals surface area contributed by atoms with E-state index in [-0.39, 0.29) is 21.3 Å². The Kier molecular flexibility index (Phi) is 9.93. The van der Waals surface area contributed by atoms with Crippen molar-refractivity contribution in [3.05, 3.63) is 97.4 Å². The molecule has 0 fully saturated rings. The zero-order chi connectivity index (χ0) is 30.6. The lowest BCUT2D eigenvalue weighted by molar-refractivity contribution is -0.904. The zero-order valence-electron chi connectivity index (χ0n) is 23.9. The number of halogens is 2. The Hall–Kier alpha value is -3.44. The van der Waals surface area contributed by atoms with Crippen LogP contribution in [0.4, 0.5) is 5.69 Å². The molecule has 1 atom stereocenters. The summed E-state index contributed by atoms with van der Waals surface area (Å²) in [5.74, 6) is 0.0333. The highest BCUT2D eigenvalue weighted by Gasteiger charge is 2.26. The van der Waals surface area contributed by atoms with E-state index in [1.54, 1.807) is 19.2 Å². The molecule has 12 heteroatoms. The maximum absolute atomic E-state index is 12.4. The molecule has 2 N–H and O–H groups in total. The number of carboxylic acid groups (broad SMARTS) is 1. The molecule has 0 aliphatic carbocycles. The number of hydrogen-bond acceptors (Lipinski definition) is 8. The van der Waals surface area contributed by atoms with E-state index in [0.717, 1.165) is 37.9 Å². The van der Waals surface area contributed by atoms with Gasteiger partial charge >= 0.3 is 0 Å². The Balaban J connectivity index is 1.74. The van der Waals surface area contributed by atoms with Gasteiger partial charge in [-0.3, -0.25) is 5.21 Å². The van der Waals surface area contributed by atoms with Gasteiger partial charge in [-0.15, -0.1) is 11.3 Å². The Morgan fingerprint density at radius 1 is 1.05 bits per heavy atom. The van der Waals surface area contributed by atoms with Crippen molar-refractivity contribution in [2.24, 2.45) is 0 Å². The number of thiophene rings is 1. The van der Waals surface area contributed by atoms with Crippen molar-refractivity contribution in [3.8, 4) is 17.2 Å². The fourth-order valence-corrected chi connectivity index (χ4v) is 7.03. The first-order chi connectivity index (χ1) is 19.9. The van der Waals surface area contributed by atoms with Crippen LogP contribution in [0.5, 0.6) is 17.2 Å². The molecular weight excluding hydrogens is 615 g/mol. The summed E-state index contributed by atoms with van der Waals surface area (Å²) in [6, 6.07) is 15.0. The number of carbonyl (C=O) groups excluding carboxylic acids is 1. The number of nitrogens with one attached hydrogen (secondary N) is 1. The highest BCUT2D eigenvalue weighted by atomic mass is 35.5. The van der Waals surface area contributed by atoms with Gasteiger partial charge in [0.2, 0.25) is 20.7 Å². The maximum atomic E-state index is 12.4. The molecule has 2 aromatic heterocycles. The molecule has 4 aromatic rings. The number of nitrogens with zero attached hydrogens (tertiary/aromatic N) is 1. The van der Waals surface area contributed by atoms with Crippen LogP contribution in [0.15, 0.2) is 60.9 Å². The van der Waals surface area contributed by atoms with Crippen molar-refractivity contribution in [2.75, 3.05) is 19.5 Å². The molecule has 2 aromatic carbocycles. The summed E-state index contributed by atoms with van der Waals surface area (Å²) in [6.07, 6.45) is 2.90. The molecule has 0 unspecified atom stereocenters. The van der Waals surface area contributed by atoms with Crippen LogP contribution in [0.3, 0.4) is 0 Å². The number of carboxylic acids is 1. The van der Waals surface area contributed by atoms with Crippen LogP contribution in [0.2, 0.25) is 29.7 Å². The van der Waals surface area contributed by atoms with Crippen molar-refractivity contribution in [3.63, 3.8) is 0 Å². The fourth-order valence-electron chi connectivity index (χ4n) is 4.59. The van der Waals surface area contributed by atoms with E-state index in [2.05, 4.69) is 25.0 Å². The van der Waals surface area contributed by atoms with Crippen LogP contribution in [-0.2, 0) is 13.0 Å². The molecule has 8 nitrogen and oxygen atoms in total. The van der Waals surface area contributed by atoms with Gasteiger partial charge in [-0.1, -0.05) is 35.3 Å². The molecule has 0 amide bonds. The second-order valence-corrected chi connectivity index (χ2v) is 16.9. The minimum Gasteiger partial charge on any atom is -0.544 e. The summed E-state index contributed by atoms with van der Waals surface area (Å²) in [4.78, 5) is 13.3. The lowest BCUT2D eigenvalue weighted by atomic mass is 9.85. The molecular formula is C30H32Cl2N2O6SSi. The normalized spacial score (nSPS) is 12.1. The minimum absolute atomic E-state index is 0.0998. The zero-order valence-corrected chi connectivity index (χ0v) is 27.2. The monoisotopic (exact) mass is 646 g/mol. The highest BCUT2D eigenvalue weighted by molar-refractivity contribution is 7.14. The average Bonchev–Trinajstić information content (AvgIpc) is 3.35. The Morgan fingerprint density at radius 2 is 1.74 bits per heavy atom. The number of ether oxygens (including phenoxy) is 2. The quantitative estimate of drug-likeness (QED) is 0.108. The number of rotatable bonds is 12. The van der Waals surface area contributed by atoms with Gasteiger partial charge in [0.05, 0.1) is 25.1 Å². The summed E-state index contributed by atoms with van der Waals surface area (Å²) in [5.41, 5.74) is 2.72. The van der Waals surface area contributed by atoms with Gasteiger partial charge in [0.25, 0.3) is 0 Å². The summed E-state index contributed by atoms with van der Waals surface area (Å²) in [6.45, 7) is 6.74. The summed E-state index contributed by atoms with van der Waals surface area (Å²) < 4.78 is 17.8. The molecule has 0 saturated carbocycles. The molecule has 42 heavy (non-hydrogen) atoms. The predicted molar refractivity (Wildman–Crippen MR) is 165 cm³/mol. The van der Waals surface area contributed by atoms with Crippen LogP contribution in [0, 0.1) is 0 Å². The molecule has 0 saturated heterocycles. The molecule has 0 aliphatic heterocycles. The van der Waals surface area contributed by atoms with Gasteiger partial charge in [-0.25, -0.2) is 0 Å². The number of pyridine rings is 1. The lowest BCUT2D eigenvalue weighted by Gasteiger charge is -2.21. The van der Waals surface area contributed by atoms with Crippen molar-refractivity contribution in [1.29, 1.82) is 0 Å². The van der Waals surface area contributed by atoms with E-state index in [0.29, 0.717) is 29.2 Å². The molecule has 0 radical (unpaired) electrons. The number of hydrogen-bond donors (Lipinski definition) is 2. The number of benzene rings is 2. The van der Waals surface area contributed by atoms with Crippen molar-refractivity contribution >= 4 is 54.5 Å². The summed E-state index contributed by atoms with van der Waals surface area (Å²) >= 11 is 14.1. The van der Waals surface area contributed by atoms with E-state index >= 15 is 0 Å². The molecule has 0 spiro atoms. The van der Waals surface area contributed by atoms with Crippen LogP contribution < -0.4 is 29.1 Å². The van der Waals surface area contributed by atoms with Gasteiger partial charge in [-0.2, -0.15) is 0 Å². The molecule has 2 heterocycles. The van der Waals surface area contributed by atoms with E-state index in [1.807, 2.05) is 36.4 Å². The summed E-state index contributed by atoms with van der Waals surface area (Å²) in [5, 5.41) is 26.1. The number of anilines is 1. The van der Waals surface area contributed by atoms with Crippen LogP contribution in [0.1, 0.15) is 37.2 Å². The van der Waals surface area contributed by atoms with Gasteiger partial charge in [-0.05, 0) is 67.5 Å². The smallest absolute Gasteiger partial charge is 0.242 e. The fraction of sp³-hybridized carbons (Fsp3) is 0.267. The molecule has 4 rings (SSSR count). The Labute approximate surface area is 260 Å². The van der Waals surface area contributed by atoms with E-state index in [1.165, 1.54) is 19.5 Å². The first-order valence-corrected chi connectivity index (χ1v) is 18.0. The predicted octanol–water partition coefficient (Wildman–Crippen LogP) is 6.16. The van der Waals surface area contributed by atoms with E-state index in [4.69, 9.17) is 37.1 Å². The van der Waals surface area contributed by atoms with Crippen LogP contribution in [0.25, 0.3) is 0 Å². The van der Waals surface area contributed by atoms with Gasteiger partial charge in [0, 0.05) is 39.4 Å². The van der Waals surface area contributed by atoms with Crippen molar-refractivity contribution in [2.45, 2.75) is 38.5 Å². The largest absolute Gasteiger partial charge is 0.544 e. The highest BCUT2D eigenvalue weighted by Crippen LogP contribution is 2.41. The Morgan fingerprint density at radius 3 is 2.36 bits per heavy atom. The number of carbonyl (C=O) groups is 1. The first kappa shape index (κ1) is 31.5. The van der Waals surface area contributed by atoms with E-state index < -0.39 is 20.2 Å². The average molecular weight is 648 g/mol. The topological polar surface area (TPSA) is 104 Å². The first-order valence-electron chi connectivity index (χ1n) is 13.1. The number of aromatic carboxylic acids is 1. The van der Waals surface area contributed by atoms with Crippen molar-refractivity contribution in [1.82, 2.24) is 0 Å². The lowest BCUT2D eigenvalue weighted by Crippen LogP contribution is -2.29. The molecule has 0 bridgehead atoms. The SMILES string of the molecule is COc1ccc([C@H](Cc2c(Cl)c[n+](O)cc2Cl)c2cc(CNc3cccc(O[Si](C)(C)C)c3)sc2C(=O)[O-])cc1OC. The number of methoxy groups -OCH3 is 2. The van der Waals surface area contributed by atoms with Crippen molar-refractivity contribution < 1.29 is 33.7 Å². The third-order valence-corrected chi connectivity index (χ3v) is 9.01. The van der Waals surface area contributed by atoms with Gasteiger partial charge in [0.1, 0.15) is 15.8 Å².